The van der Waals surface area contributed by atoms with Gasteiger partial charge in [0.1, 0.15) is 4.90 Å². The lowest BCUT2D eigenvalue weighted by molar-refractivity contribution is 0.550. The predicted octanol–water partition coefficient (Wildman–Crippen LogP) is 1.84. The first-order chi connectivity index (χ1) is 8.63. The summed E-state index contributed by atoms with van der Waals surface area (Å²) in [5.74, 6) is 0. The molecule has 0 bridgehead atoms. The van der Waals surface area contributed by atoms with Gasteiger partial charge in [0, 0.05) is 12.2 Å². The first kappa shape index (κ1) is 12.8. The number of sulfonamides is 1. The highest BCUT2D eigenvalue weighted by Gasteiger charge is 2.20. The maximum Gasteiger partial charge on any atom is 0.244 e. The Morgan fingerprint density at radius 3 is 2.61 bits per heavy atom. The number of nitrogens with zero attached hydrogens (tertiary/aromatic N) is 1. The second-order valence-electron chi connectivity index (χ2n) is 3.93. The number of aromatic nitrogens is 2. The fourth-order valence-corrected chi connectivity index (χ4v) is 2.93. The van der Waals surface area contributed by atoms with Crippen LogP contribution in [0.3, 0.4) is 0 Å². The van der Waals surface area contributed by atoms with Gasteiger partial charge in [0.2, 0.25) is 10.0 Å². The van der Waals surface area contributed by atoms with Crippen LogP contribution in [0.4, 0.5) is 0 Å². The molecule has 2 rings (SSSR count). The smallest absolute Gasteiger partial charge is 0.244 e. The molecule has 0 fully saturated rings. The van der Waals surface area contributed by atoms with E-state index < -0.39 is 10.0 Å². The van der Waals surface area contributed by atoms with Gasteiger partial charge in [-0.15, -0.1) is 0 Å². The van der Waals surface area contributed by atoms with Gasteiger partial charge >= 0.3 is 0 Å². The van der Waals surface area contributed by atoms with Crippen LogP contribution in [-0.2, 0) is 10.0 Å². The van der Waals surface area contributed by atoms with E-state index in [1.165, 1.54) is 12.4 Å². The minimum Gasteiger partial charge on any atom is -0.284 e. The highest BCUT2D eigenvalue weighted by atomic mass is 32.2. The van der Waals surface area contributed by atoms with Crippen LogP contribution >= 0.6 is 0 Å². The van der Waals surface area contributed by atoms with Gasteiger partial charge in [-0.3, -0.25) is 5.10 Å². The van der Waals surface area contributed by atoms with Gasteiger partial charge in [-0.2, -0.15) is 5.10 Å². The fourth-order valence-electron chi connectivity index (χ4n) is 1.71. The summed E-state index contributed by atoms with van der Waals surface area (Å²) in [4.78, 5) is 0.150. The Kier molecular flexibility index (Phi) is 3.78. The molecule has 1 aromatic carbocycles. The van der Waals surface area contributed by atoms with Crippen molar-refractivity contribution < 1.29 is 8.42 Å². The Balaban J connectivity index is 2.22. The number of rotatable bonds is 5. The molecule has 2 aromatic rings. The Labute approximate surface area is 106 Å². The zero-order chi connectivity index (χ0) is 13.0. The highest BCUT2D eigenvalue weighted by Crippen LogP contribution is 2.19. The Morgan fingerprint density at radius 1 is 1.33 bits per heavy atom. The Morgan fingerprint density at radius 2 is 2.06 bits per heavy atom. The molecule has 0 amide bonds. The van der Waals surface area contributed by atoms with Crippen LogP contribution in [0.1, 0.15) is 24.9 Å². The lowest BCUT2D eigenvalue weighted by Gasteiger charge is -2.16. The number of nitrogens with one attached hydrogen (secondary N) is 2. The largest absolute Gasteiger partial charge is 0.284 e. The van der Waals surface area contributed by atoms with Crippen molar-refractivity contribution in [2.24, 2.45) is 0 Å². The molecule has 1 heterocycles. The molecule has 6 heteroatoms. The van der Waals surface area contributed by atoms with Crippen molar-refractivity contribution in [3.05, 3.63) is 48.3 Å². The van der Waals surface area contributed by atoms with E-state index in [0.717, 1.165) is 5.56 Å². The number of hydrogen-bond donors (Lipinski definition) is 2. The average Bonchev–Trinajstić information content (AvgIpc) is 2.92. The first-order valence-electron chi connectivity index (χ1n) is 5.69. The SMILES string of the molecule is CCC(NS(=O)(=O)c1cn[nH]c1)c1ccccc1. The summed E-state index contributed by atoms with van der Waals surface area (Å²) in [5.41, 5.74) is 0.951. The fraction of sp³-hybridized carbons (Fsp3) is 0.250. The molecule has 1 unspecified atom stereocenters. The standard InChI is InChI=1S/C12H15N3O2S/c1-2-12(10-6-4-3-5-7-10)15-18(16,17)11-8-13-14-9-11/h3-9,12,15H,2H2,1H3,(H,13,14). The van der Waals surface area contributed by atoms with Crippen LogP contribution in [0.5, 0.6) is 0 Å². The summed E-state index contributed by atoms with van der Waals surface area (Å²) in [5, 5.41) is 6.15. The first-order valence-corrected chi connectivity index (χ1v) is 7.18. The summed E-state index contributed by atoms with van der Waals surface area (Å²) in [6.07, 6.45) is 3.33. The minimum atomic E-state index is -3.52. The molecule has 5 nitrogen and oxygen atoms in total. The minimum absolute atomic E-state index is 0.150. The third-order valence-electron chi connectivity index (χ3n) is 2.69. The maximum atomic E-state index is 12.1. The molecule has 2 N–H and O–H groups in total. The van der Waals surface area contributed by atoms with Gasteiger partial charge in [-0.25, -0.2) is 13.1 Å². The molecule has 1 atom stereocenters. The van der Waals surface area contributed by atoms with E-state index in [1.807, 2.05) is 37.3 Å². The number of hydrogen-bond acceptors (Lipinski definition) is 3. The van der Waals surface area contributed by atoms with Gasteiger partial charge in [0.05, 0.1) is 6.20 Å². The van der Waals surface area contributed by atoms with Gasteiger partial charge in [0.25, 0.3) is 0 Å². The summed E-state index contributed by atoms with van der Waals surface area (Å²) >= 11 is 0. The van der Waals surface area contributed by atoms with Crippen molar-refractivity contribution in [1.29, 1.82) is 0 Å². The van der Waals surface area contributed by atoms with E-state index in [0.29, 0.717) is 6.42 Å². The number of benzene rings is 1. The van der Waals surface area contributed by atoms with Crippen molar-refractivity contribution in [2.75, 3.05) is 0 Å². The molecule has 18 heavy (non-hydrogen) atoms. The van der Waals surface area contributed by atoms with Gasteiger partial charge in [-0.05, 0) is 12.0 Å². The number of aromatic amines is 1. The van der Waals surface area contributed by atoms with E-state index in [2.05, 4.69) is 14.9 Å². The molecule has 0 radical (unpaired) electrons. The van der Waals surface area contributed by atoms with Crippen LogP contribution < -0.4 is 4.72 Å². The lowest BCUT2D eigenvalue weighted by Crippen LogP contribution is -2.28. The third-order valence-corrected chi connectivity index (χ3v) is 4.13. The zero-order valence-corrected chi connectivity index (χ0v) is 10.8. The summed E-state index contributed by atoms with van der Waals surface area (Å²) in [6.45, 7) is 1.94. The van der Waals surface area contributed by atoms with E-state index in [4.69, 9.17) is 0 Å². The molecule has 96 valence electrons. The topological polar surface area (TPSA) is 74.8 Å². The second kappa shape index (κ2) is 5.32. The summed E-state index contributed by atoms with van der Waals surface area (Å²) < 4.78 is 26.8. The van der Waals surface area contributed by atoms with Crippen LogP contribution in [0.2, 0.25) is 0 Å². The van der Waals surface area contributed by atoms with Gasteiger partial charge < -0.3 is 0 Å². The summed E-state index contributed by atoms with van der Waals surface area (Å²) in [7, 11) is -3.52. The predicted molar refractivity (Wildman–Crippen MR) is 68.4 cm³/mol. The Bertz CT molecular complexity index is 579. The molecule has 1 aromatic heterocycles. The molecular formula is C12H15N3O2S. The average molecular weight is 265 g/mol. The van der Waals surface area contributed by atoms with Crippen LogP contribution in [0, 0.1) is 0 Å². The maximum absolute atomic E-state index is 12.1. The molecule has 0 aliphatic heterocycles. The Hall–Kier alpha value is -1.66. The monoisotopic (exact) mass is 265 g/mol. The molecule has 0 saturated carbocycles. The molecule has 0 spiro atoms. The molecule has 0 aliphatic carbocycles. The van der Waals surface area contributed by atoms with Crippen molar-refractivity contribution in [2.45, 2.75) is 24.3 Å². The molecule has 0 saturated heterocycles. The highest BCUT2D eigenvalue weighted by molar-refractivity contribution is 7.89. The van der Waals surface area contributed by atoms with Crippen molar-refractivity contribution in [3.8, 4) is 0 Å². The summed E-state index contributed by atoms with van der Waals surface area (Å²) in [6, 6.07) is 9.28. The normalized spacial score (nSPS) is 13.4. The lowest BCUT2D eigenvalue weighted by atomic mass is 10.1. The van der Waals surface area contributed by atoms with Crippen molar-refractivity contribution in [1.82, 2.24) is 14.9 Å². The van der Waals surface area contributed by atoms with Crippen molar-refractivity contribution >= 4 is 10.0 Å². The van der Waals surface area contributed by atoms with Crippen molar-refractivity contribution in [3.63, 3.8) is 0 Å². The van der Waals surface area contributed by atoms with E-state index in [1.54, 1.807) is 0 Å². The van der Waals surface area contributed by atoms with E-state index in [-0.39, 0.29) is 10.9 Å². The van der Waals surface area contributed by atoms with Crippen LogP contribution in [-0.4, -0.2) is 18.6 Å². The second-order valence-corrected chi connectivity index (χ2v) is 5.64. The van der Waals surface area contributed by atoms with E-state index >= 15 is 0 Å². The van der Waals surface area contributed by atoms with Gasteiger partial charge in [0.15, 0.2) is 0 Å². The third kappa shape index (κ3) is 2.77. The quantitative estimate of drug-likeness (QED) is 0.866. The molecular weight excluding hydrogens is 250 g/mol. The van der Waals surface area contributed by atoms with Crippen LogP contribution in [0.25, 0.3) is 0 Å². The van der Waals surface area contributed by atoms with E-state index in [9.17, 15) is 8.42 Å². The zero-order valence-electron chi connectivity index (χ0n) is 10.00. The molecule has 0 aliphatic rings. The van der Waals surface area contributed by atoms with Gasteiger partial charge in [-0.1, -0.05) is 37.3 Å². The van der Waals surface area contributed by atoms with Crippen LogP contribution in [0.15, 0.2) is 47.6 Å². The number of H-pyrrole nitrogens is 1.